The monoisotopic (exact) mass is 700 g/mol. The zero-order valence-corrected chi connectivity index (χ0v) is 29.2. The molecule has 0 spiro atoms. The lowest BCUT2D eigenvalue weighted by Gasteiger charge is -2.41. The van der Waals surface area contributed by atoms with Crippen LogP contribution in [-0.4, -0.2) is 85.9 Å². The van der Waals surface area contributed by atoms with Gasteiger partial charge in [0.15, 0.2) is 6.10 Å². The number of carboxylic acid groups (broad SMARTS) is 1. The lowest BCUT2D eigenvalue weighted by Crippen LogP contribution is -2.52. The number of carbonyl (C=O) groups excluding carboxylic acids is 3. The molecule has 1 N–H and O–H groups in total. The summed E-state index contributed by atoms with van der Waals surface area (Å²) in [6, 6.07) is 10.3. The Balaban J connectivity index is 1.91. The summed E-state index contributed by atoms with van der Waals surface area (Å²) in [5.74, 6) is -5.56. The maximum Gasteiger partial charge on any atom is 0.410 e. The Morgan fingerprint density at radius 1 is 1.04 bits per heavy atom. The summed E-state index contributed by atoms with van der Waals surface area (Å²) >= 11 is 0. The third kappa shape index (κ3) is 8.82. The van der Waals surface area contributed by atoms with E-state index in [1.807, 2.05) is 0 Å². The van der Waals surface area contributed by atoms with E-state index in [1.54, 1.807) is 51.1 Å². The number of nitrogens with zero attached hydrogens (tertiary/aromatic N) is 4. The quantitative estimate of drug-likeness (QED) is 0.241. The van der Waals surface area contributed by atoms with Crippen molar-refractivity contribution in [3.05, 3.63) is 77.8 Å². The molecule has 1 aromatic heterocycles. The molecule has 1 fully saturated rings. The van der Waals surface area contributed by atoms with Gasteiger partial charge in [0.25, 0.3) is 5.91 Å². The third-order valence-corrected chi connectivity index (χ3v) is 8.42. The molecule has 0 radical (unpaired) electrons. The normalized spacial score (nSPS) is 17.6. The zero-order valence-electron chi connectivity index (χ0n) is 29.2. The number of likely N-dealkylation sites (tertiary alicyclic amines) is 1. The van der Waals surface area contributed by atoms with E-state index in [0.29, 0.717) is 0 Å². The van der Waals surface area contributed by atoms with Crippen LogP contribution in [0.4, 0.5) is 18.0 Å². The second-order valence-electron chi connectivity index (χ2n) is 14.1. The van der Waals surface area contributed by atoms with Gasteiger partial charge >= 0.3 is 18.0 Å². The summed E-state index contributed by atoms with van der Waals surface area (Å²) in [5, 5.41) is 10.6. The Morgan fingerprint density at radius 3 is 2.30 bits per heavy atom. The third-order valence-electron chi connectivity index (χ3n) is 8.42. The molecular formula is C36H43F3N4O7. The number of carboxylic acids is 1. The highest BCUT2D eigenvalue weighted by atomic mass is 19.1. The average molecular weight is 701 g/mol. The first-order valence-corrected chi connectivity index (χ1v) is 16.2. The highest BCUT2D eigenvalue weighted by Gasteiger charge is 2.49. The van der Waals surface area contributed by atoms with Gasteiger partial charge in [0, 0.05) is 44.2 Å². The first-order valence-electron chi connectivity index (χ1n) is 16.2. The number of carbonyl (C=O) groups is 4. The highest BCUT2D eigenvalue weighted by molar-refractivity contribution is 5.85. The number of benzene rings is 2. The van der Waals surface area contributed by atoms with Crippen LogP contribution in [0.25, 0.3) is 11.3 Å². The molecule has 4 rings (SSSR count). The van der Waals surface area contributed by atoms with Gasteiger partial charge in [-0.05, 0) is 65.3 Å². The van der Waals surface area contributed by atoms with Crippen LogP contribution in [0.3, 0.4) is 0 Å². The lowest BCUT2D eigenvalue weighted by atomic mass is 9.81. The van der Waals surface area contributed by atoms with Crippen molar-refractivity contribution in [2.45, 2.75) is 78.9 Å². The first kappa shape index (κ1) is 37.9. The van der Waals surface area contributed by atoms with Crippen LogP contribution in [0.2, 0.25) is 0 Å². The molecule has 50 heavy (non-hydrogen) atoms. The molecule has 0 saturated carbocycles. The molecule has 3 aromatic rings. The molecule has 0 aliphatic carbocycles. The fourth-order valence-electron chi connectivity index (χ4n) is 5.93. The summed E-state index contributed by atoms with van der Waals surface area (Å²) in [4.78, 5) is 59.0. The Bertz CT molecular complexity index is 1720. The van der Waals surface area contributed by atoms with Crippen LogP contribution in [0.15, 0.2) is 54.7 Å². The molecule has 4 atom stereocenters. The minimum Gasteiger partial charge on any atom is -0.481 e. The SMILES string of the molecule is CC(=O)OC(C)C(=O)N(CC1CN(C(=O)OC(C)(C)C)CC1F)C(c1nc(-c2cc(F)ccc2F)cn1Cc1ccccc1)C(C)(C)C(=O)O. The van der Waals surface area contributed by atoms with E-state index in [0.717, 1.165) is 35.6 Å². The predicted molar refractivity (Wildman–Crippen MR) is 176 cm³/mol. The molecule has 1 aliphatic heterocycles. The van der Waals surface area contributed by atoms with Gasteiger partial charge in [0.05, 0.1) is 17.7 Å². The molecule has 1 saturated heterocycles. The van der Waals surface area contributed by atoms with Crippen molar-refractivity contribution < 1.29 is 46.9 Å². The molecule has 11 nitrogen and oxygen atoms in total. The minimum absolute atomic E-state index is 0.0271. The standard InChI is InChI=1S/C36H43F3N4O7/c1-21(49-22(2)44)32(45)43(18-24-17-42(19-28(24)39)34(48)50-35(3,4)5)30(36(6,7)33(46)47)31-40-29(26-15-25(37)13-14-27(26)38)20-41(31)16-23-11-9-8-10-12-23/h8-15,20-21,24,28,30H,16-19H2,1-7H3,(H,46,47). The van der Waals surface area contributed by atoms with Gasteiger partial charge in [0.2, 0.25) is 0 Å². The summed E-state index contributed by atoms with van der Waals surface area (Å²) in [5.41, 5.74) is -2.21. The summed E-state index contributed by atoms with van der Waals surface area (Å²) in [6.07, 6.45) is -2.40. The van der Waals surface area contributed by atoms with E-state index >= 15 is 8.78 Å². The molecule has 270 valence electrons. The van der Waals surface area contributed by atoms with Gasteiger partial charge in [0.1, 0.15) is 35.3 Å². The van der Waals surface area contributed by atoms with Crippen molar-refractivity contribution in [2.24, 2.45) is 11.3 Å². The predicted octanol–water partition coefficient (Wildman–Crippen LogP) is 6.01. The molecule has 14 heteroatoms. The van der Waals surface area contributed by atoms with Crippen molar-refractivity contribution in [3.8, 4) is 11.3 Å². The average Bonchev–Trinajstić information content (AvgIpc) is 3.59. The van der Waals surface area contributed by atoms with Gasteiger partial charge in [-0.3, -0.25) is 14.4 Å². The Labute approximate surface area is 289 Å². The number of hydrogen-bond donors (Lipinski definition) is 1. The fraction of sp³-hybridized carbons (Fsp3) is 0.472. The topological polar surface area (TPSA) is 131 Å². The molecule has 0 bridgehead atoms. The van der Waals surface area contributed by atoms with Gasteiger partial charge in [-0.25, -0.2) is 22.9 Å². The summed E-state index contributed by atoms with van der Waals surface area (Å²) in [7, 11) is 0. The minimum atomic E-state index is -1.85. The van der Waals surface area contributed by atoms with Gasteiger partial charge in [-0.1, -0.05) is 30.3 Å². The number of esters is 1. The van der Waals surface area contributed by atoms with E-state index in [-0.39, 0.29) is 36.7 Å². The number of ether oxygens (including phenoxy) is 2. The van der Waals surface area contributed by atoms with Crippen LogP contribution < -0.4 is 0 Å². The zero-order chi connectivity index (χ0) is 37.1. The number of aliphatic carboxylic acids is 1. The van der Waals surface area contributed by atoms with E-state index in [4.69, 9.17) is 9.47 Å². The second-order valence-corrected chi connectivity index (χ2v) is 14.1. The van der Waals surface area contributed by atoms with E-state index in [1.165, 1.54) is 36.4 Å². The second kappa shape index (κ2) is 14.9. The molecule has 2 heterocycles. The van der Waals surface area contributed by atoms with Gasteiger partial charge < -0.3 is 28.9 Å². The maximum atomic E-state index is 15.8. The smallest absolute Gasteiger partial charge is 0.410 e. The summed E-state index contributed by atoms with van der Waals surface area (Å²) in [6.45, 7) is 9.29. The van der Waals surface area contributed by atoms with Crippen molar-refractivity contribution in [1.82, 2.24) is 19.4 Å². The van der Waals surface area contributed by atoms with Crippen LogP contribution in [0.1, 0.15) is 65.9 Å². The fourth-order valence-corrected chi connectivity index (χ4v) is 5.93. The number of halogens is 3. The van der Waals surface area contributed by atoms with Crippen molar-refractivity contribution in [2.75, 3.05) is 19.6 Å². The summed E-state index contributed by atoms with van der Waals surface area (Å²) < 4.78 is 57.4. The Hall–Kier alpha value is -4.88. The van der Waals surface area contributed by atoms with Gasteiger partial charge in [-0.15, -0.1) is 0 Å². The van der Waals surface area contributed by atoms with E-state index < -0.39 is 77.4 Å². The number of rotatable bonds is 11. The number of alkyl halides is 1. The lowest BCUT2D eigenvalue weighted by molar-refractivity contribution is -0.165. The van der Waals surface area contributed by atoms with Crippen molar-refractivity contribution in [3.63, 3.8) is 0 Å². The number of hydrogen-bond acceptors (Lipinski definition) is 7. The number of amides is 2. The van der Waals surface area contributed by atoms with Gasteiger partial charge in [-0.2, -0.15) is 0 Å². The number of aromatic nitrogens is 2. The van der Waals surface area contributed by atoms with Crippen LogP contribution in [0, 0.1) is 23.0 Å². The van der Waals surface area contributed by atoms with Crippen LogP contribution in [0.5, 0.6) is 0 Å². The molecule has 1 aliphatic rings. The molecule has 2 amide bonds. The number of imidazole rings is 1. The van der Waals surface area contributed by atoms with Crippen molar-refractivity contribution in [1.29, 1.82) is 0 Å². The Morgan fingerprint density at radius 2 is 1.70 bits per heavy atom. The van der Waals surface area contributed by atoms with Crippen LogP contribution in [-0.2, 0) is 30.4 Å². The molecular weight excluding hydrogens is 657 g/mol. The molecule has 4 unspecified atom stereocenters. The Kier molecular flexibility index (Phi) is 11.3. The van der Waals surface area contributed by atoms with Crippen LogP contribution >= 0.6 is 0 Å². The van der Waals surface area contributed by atoms with E-state index in [9.17, 15) is 28.7 Å². The largest absolute Gasteiger partial charge is 0.481 e. The van der Waals surface area contributed by atoms with E-state index in [2.05, 4.69) is 4.98 Å². The highest BCUT2D eigenvalue weighted by Crippen LogP contribution is 2.42. The van der Waals surface area contributed by atoms with Crippen molar-refractivity contribution >= 4 is 23.9 Å². The first-order chi connectivity index (χ1) is 23.3. The molecule has 2 aromatic carbocycles. The maximum absolute atomic E-state index is 15.8.